The molecule has 0 aliphatic rings. The van der Waals surface area contributed by atoms with Crippen molar-refractivity contribution in [2.45, 2.75) is 30.0 Å². The minimum atomic E-state index is -2.56. The fraction of sp³-hybridized carbons (Fsp3) is 0.400. The maximum atomic E-state index is 12.3. The van der Waals surface area contributed by atoms with E-state index in [0.717, 1.165) is 0 Å². The van der Waals surface area contributed by atoms with E-state index in [1.165, 1.54) is 19.1 Å². The van der Waals surface area contributed by atoms with Crippen molar-refractivity contribution in [3.05, 3.63) is 24.3 Å². The molecule has 16 heavy (non-hydrogen) atoms. The Morgan fingerprint density at radius 3 is 2.31 bits per heavy atom. The first-order chi connectivity index (χ1) is 7.50. The summed E-state index contributed by atoms with van der Waals surface area (Å²) in [6, 6.07) is 5.10. The van der Waals surface area contributed by atoms with Gasteiger partial charge in [0.2, 0.25) is 0 Å². The summed E-state index contributed by atoms with van der Waals surface area (Å²) in [5.74, 6) is -2.56. The summed E-state index contributed by atoms with van der Waals surface area (Å²) in [6.07, 6.45) is -2.54. The van der Waals surface area contributed by atoms with Crippen molar-refractivity contribution < 1.29 is 17.6 Å². The van der Waals surface area contributed by atoms with Gasteiger partial charge in [-0.25, -0.2) is 8.78 Å². The van der Waals surface area contributed by atoms with Gasteiger partial charge in [-0.05, 0) is 19.1 Å². The molecule has 0 aliphatic carbocycles. The van der Waals surface area contributed by atoms with E-state index in [-0.39, 0.29) is 4.90 Å². The molecular weight excluding hydrogens is 242 g/mol. The number of halogens is 4. The molecule has 0 heterocycles. The lowest BCUT2D eigenvalue weighted by Crippen LogP contribution is -2.24. The molecular formula is C10H11F4NS. The molecule has 1 nitrogen and oxygen atoms in total. The van der Waals surface area contributed by atoms with E-state index >= 15 is 0 Å². The van der Waals surface area contributed by atoms with Crippen LogP contribution in [0.3, 0.4) is 0 Å². The van der Waals surface area contributed by atoms with Gasteiger partial charge in [-0.3, -0.25) is 0 Å². The van der Waals surface area contributed by atoms with Crippen LogP contribution in [0.15, 0.2) is 29.2 Å². The fourth-order valence-corrected chi connectivity index (χ4v) is 1.70. The van der Waals surface area contributed by atoms with Gasteiger partial charge >= 0.3 is 0 Å². The molecule has 0 amide bonds. The van der Waals surface area contributed by atoms with E-state index in [2.05, 4.69) is 5.32 Å². The van der Waals surface area contributed by atoms with Crippen molar-refractivity contribution in [3.63, 3.8) is 0 Å². The highest BCUT2D eigenvalue weighted by Crippen LogP contribution is 2.32. The number of thioether (sulfide) groups is 1. The minimum absolute atomic E-state index is 0.269. The Hall–Kier alpha value is -0.910. The van der Waals surface area contributed by atoms with Crippen molar-refractivity contribution >= 4 is 17.4 Å². The highest BCUT2D eigenvalue weighted by molar-refractivity contribution is 7.99. The summed E-state index contributed by atoms with van der Waals surface area (Å²) >= 11 is 0.338. The van der Waals surface area contributed by atoms with Gasteiger partial charge < -0.3 is 5.32 Å². The molecule has 0 saturated carbocycles. The zero-order valence-corrected chi connectivity index (χ0v) is 9.28. The van der Waals surface area contributed by atoms with Gasteiger partial charge in [-0.15, -0.1) is 0 Å². The van der Waals surface area contributed by atoms with Gasteiger partial charge in [-0.1, -0.05) is 23.9 Å². The summed E-state index contributed by atoms with van der Waals surface area (Å²) in [4.78, 5) is 0.269. The number of benzene rings is 1. The molecule has 0 spiro atoms. The molecule has 1 aromatic rings. The van der Waals surface area contributed by atoms with E-state index in [9.17, 15) is 17.6 Å². The maximum Gasteiger partial charge on any atom is 0.288 e. The van der Waals surface area contributed by atoms with E-state index in [1.54, 1.807) is 12.1 Å². The number of rotatable bonds is 5. The highest BCUT2D eigenvalue weighted by Gasteiger charge is 2.16. The standard InChI is InChI=1S/C10H11F4NS/c1-6(9(11)12)15-7-4-2-3-5-8(7)16-10(13)14/h2-6,9-10,15H,1H3. The van der Waals surface area contributed by atoms with Crippen LogP contribution in [0, 0.1) is 0 Å². The molecule has 1 unspecified atom stereocenters. The monoisotopic (exact) mass is 253 g/mol. The molecule has 6 heteroatoms. The Kier molecular flexibility index (Phi) is 4.92. The van der Waals surface area contributed by atoms with Gasteiger partial charge in [0, 0.05) is 10.6 Å². The van der Waals surface area contributed by atoms with Gasteiger partial charge in [-0.2, -0.15) is 8.78 Å². The van der Waals surface area contributed by atoms with E-state index in [0.29, 0.717) is 17.4 Å². The van der Waals surface area contributed by atoms with Crippen molar-refractivity contribution in [2.75, 3.05) is 5.32 Å². The quantitative estimate of drug-likeness (QED) is 0.627. The highest BCUT2D eigenvalue weighted by atomic mass is 32.2. The number of para-hydroxylation sites is 1. The van der Waals surface area contributed by atoms with Crippen molar-refractivity contribution in [1.82, 2.24) is 0 Å². The lowest BCUT2D eigenvalue weighted by Gasteiger charge is -2.16. The average Bonchev–Trinajstić information content (AvgIpc) is 2.20. The van der Waals surface area contributed by atoms with E-state index in [1.807, 2.05) is 0 Å². The number of alkyl halides is 4. The van der Waals surface area contributed by atoms with Gasteiger partial charge in [0.1, 0.15) is 0 Å². The summed E-state index contributed by atoms with van der Waals surface area (Å²) in [7, 11) is 0. The largest absolute Gasteiger partial charge is 0.376 e. The normalized spacial score (nSPS) is 13.2. The summed E-state index contributed by atoms with van der Waals surface area (Å²) in [5.41, 5.74) is 0.306. The molecule has 0 fully saturated rings. The third-order valence-corrected chi connectivity index (χ3v) is 2.65. The second-order valence-corrected chi connectivity index (χ2v) is 4.17. The summed E-state index contributed by atoms with van der Waals surface area (Å²) in [6.45, 7) is 1.30. The second-order valence-electron chi connectivity index (χ2n) is 3.14. The number of nitrogens with one attached hydrogen (secondary N) is 1. The predicted octanol–water partition coefficient (Wildman–Crippen LogP) is 4.07. The van der Waals surface area contributed by atoms with Crippen LogP contribution in [-0.2, 0) is 0 Å². The van der Waals surface area contributed by atoms with Crippen molar-refractivity contribution in [2.24, 2.45) is 0 Å². The molecule has 1 aromatic carbocycles. The number of hydrogen-bond acceptors (Lipinski definition) is 2. The first-order valence-corrected chi connectivity index (χ1v) is 5.47. The molecule has 1 rings (SSSR count). The van der Waals surface area contributed by atoms with Crippen LogP contribution in [0.2, 0.25) is 0 Å². The van der Waals surface area contributed by atoms with Gasteiger partial charge in [0.15, 0.2) is 0 Å². The van der Waals surface area contributed by atoms with Crippen LogP contribution in [0.25, 0.3) is 0 Å². The fourth-order valence-electron chi connectivity index (χ4n) is 1.09. The van der Waals surface area contributed by atoms with Crippen LogP contribution in [0.4, 0.5) is 23.2 Å². The molecule has 0 bridgehead atoms. The topological polar surface area (TPSA) is 12.0 Å². The van der Waals surface area contributed by atoms with Gasteiger partial charge in [0.25, 0.3) is 12.2 Å². The summed E-state index contributed by atoms with van der Waals surface area (Å²) in [5, 5.41) is 2.51. The predicted molar refractivity (Wildman–Crippen MR) is 57.4 cm³/mol. The van der Waals surface area contributed by atoms with Crippen LogP contribution < -0.4 is 5.32 Å². The Labute approximate surface area is 95.2 Å². The van der Waals surface area contributed by atoms with Gasteiger partial charge in [0.05, 0.1) is 6.04 Å². The van der Waals surface area contributed by atoms with E-state index in [4.69, 9.17) is 0 Å². The van der Waals surface area contributed by atoms with Crippen LogP contribution >= 0.6 is 11.8 Å². The molecule has 1 atom stereocenters. The second kappa shape index (κ2) is 5.98. The molecule has 0 radical (unpaired) electrons. The Balaban J connectivity index is 2.78. The third kappa shape index (κ3) is 3.92. The number of hydrogen-bond donors (Lipinski definition) is 1. The Morgan fingerprint density at radius 2 is 1.75 bits per heavy atom. The van der Waals surface area contributed by atoms with Crippen LogP contribution in [0.1, 0.15) is 6.92 Å². The minimum Gasteiger partial charge on any atom is -0.376 e. The maximum absolute atomic E-state index is 12.3. The van der Waals surface area contributed by atoms with Crippen molar-refractivity contribution in [3.8, 4) is 0 Å². The third-order valence-electron chi connectivity index (χ3n) is 1.86. The molecule has 90 valence electrons. The first-order valence-electron chi connectivity index (χ1n) is 4.59. The molecule has 0 aromatic heterocycles. The summed E-state index contributed by atoms with van der Waals surface area (Å²) < 4.78 is 48.9. The SMILES string of the molecule is CC(Nc1ccccc1SC(F)F)C(F)F. The number of anilines is 1. The van der Waals surface area contributed by atoms with Crippen molar-refractivity contribution in [1.29, 1.82) is 0 Å². The Bertz CT molecular complexity index is 332. The molecule has 0 saturated heterocycles. The van der Waals surface area contributed by atoms with Crippen LogP contribution in [0.5, 0.6) is 0 Å². The zero-order chi connectivity index (χ0) is 12.1. The van der Waals surface area contributed by atoms with E-state index < -0.39 is 18.2 Å². The Morgan fingerprint density at radius 1 is 1.12 bits per heavy atom. The average molecular weight is 253 g/mol. The lowest BCUT2D eigenvalue weighted by atomic mass is 10.2. The zero-order valence-electron chi connectivity index (χ0n) is 8.46. The van der Waals surface area contributed by atoms with Crippen LogP contribution in [-0.4, -0.2) is 18.2 Å². The molecule has 1 N–H and O–H groups in total. The smallest absolute Gasteiger partial charge is 0.288 e. The lowest BCUT2D eigenvalue weighted by molar-refractivity contribution is 0.130. The molecule has 0 aliphatic heterocycles. The first kappa shape index (κ1) is 13.2.